The largest absolute Gasteiger partial charge is 0.497 e. The predicted molar refractivity (Wildman–Crippen MR) is 95.4 cm³/mol. The summed E-state index contributed by atoms with van der Waals surface area (Å²) < 4.78 is 12.4. The molecule has 3 rings (SSSR count). The van der Waals surface area contributed by atoms with Crippen LogP contribution < -0.4 is 9.47 Å². The summed E-state index contributed by atoms with van der Waals surface area (Å²) in [5.41, 5.74) is 1.75. The number of methoxy groups -OCH3 is 2. The van der Waals surface area contributed by atoms with Gasteiger partial charge in [0.2, 0.25) is 4.77 Å². The van der Waals surface area contributed by atoms with Crippen LogP contribution in [0.15, 0.2) is 53.6 Å². The Hall–Kier alpha value is -2.93. The number of benzene rings is 2. The van der Waals surface area contributed by atoms with Crippen molar-refractivity contribution in [1.82, 2.24) is 14.9 Å². The van der Waals surface area contributed by atoms with Gasteiger partial charge in [0, 0.05) is 5.56 Å². The van der Waals surface area contributed by atoms with Crippen molar-refractivity contribution in [2.24, 2.45) is 5.10 Å². The van der Waals surface area contributed by atoms with Crippen LogP contribution in [0, 0.1) is 4.77 Å². The Morgan fingerprint density at radius 3 is 2.54 bits per heavy atom. The zero-order valence-corrected chi connectivity index (χ0v) is 14.1. The molecular formula is C17H16N4O2S. The van der Waals surface area contributed by atoms with Crippen LogP contribution in [0.3, 0.4) is 0 Å². The molecule has 0 bridgehead atoms. The van der Waals surface area contributed by atoms with Crippen molar-refractivity contribution in [1.29, 1.82) is 0 Å². The fraction of sp³-hybridized carbons (Fsp3) is 0.118. The highest BCUT2D eigenvalue weighted by atomic mass is 32.1. The van der Waals surface area contributed by atoms with Crippen molar-refractivity contribution >= 4 is 18.4 Å². The summed E-state index contributed by atoms with van der Waals surface area (Å²) in [4.78, 5) is 0. The van der Waals surface area contributed by atoms with Crippen LogP contribution in [-0.4, -0.2) is 35.3 Å². The minimum atomic E-state index is 0.409. The van der Waals surface area contributed by atoms with Gasteiger partial charge in [0.05, 0.1) is 20.4 Å². The number of rotatable bonds is 5. The molecule has 3 aromatic rings. The van der Waals surface area contributed by atoms with Gasteiger partial charge in [-0.05, 0) is 42.0 Å². The van der Waals surface area contributed by atoms with E-state index in [0.29, 0.717) is 10.6 Å². The molecular weight excluding hydrogens is 324 g/mol. The van der Waals surface area contributed by atoms with Gasteiger partial charge in [-0.1, -0.05) is 24.3 Å². The van der Waals surface area contributed by atoms with Crippen LogP contribution in [-0.2, 0) is 0 Å². The zero-order valence-electron chi connectivity index (χ0n) is 13.3. The number of nitrogens with one attached hydrogen (secondary N) is 1. The molecule has 0 aliphatic carbocycles. The van der Waals surface area contributed by atoms with Crippen LogP contribution in [0.1, 0.15) is 5.56 Å². The van der Waals surface area contributed by atoms with E-state index < -0.39 is 0 Å². The lowest BCUT2D eigenvalue weighted by Crippen LogP contribution is -1.95. The van der Waals surface area contributed by atoms with E-state index in [2.05, 4.69) is 15.3 Å². The molecule has 7 heteroatoms. The summed E-state index contributed by atoms with van der Waals surface area (Å²) in [6, 6.07) is 15.2. The van der Waals surface area contributed by atoms with E-state index >= 15 is 0 Å². The summed E-state index contributed by atoms with van der Waals surface area (Å²) in [5.74, 6) is 2.12. The molecule has 0 saturated heterocycles. The molecule has 1 N–H and O–H groups in total. The second-order valence-corrected chi connectivity index (χ2v) is 5.30. The molecule has 0 unspecified atom stereocenters. The van der Waals surface area contributed by atoms with E-state index in [9.17, 15) is 0 Å². The number of H-pyrrole nitrogens is 1. The summed E-state index contributed by atoms with van der Waals surface area (Å²) in [7, 11) is 3.25. The average molecular weight is 340 g/mol. The van der Waals surface area contributed by atoms with Gasteiger partial charge in [0.25, 0.3) is 0 Å². The van der Waals surface area contributed by atoms with Crippen molar-refractivity contribution < 1.29 is 9.47 Å². The first-order valence-electron chi connectivity index (χ1n) is 7.21. The number of aromatic amines is 1. The summed E-state index contributed by atoms with van der Waals surface area (Å²) in [5, 5.41) is 11.5. The maximum absolute atomic E-state index is 5.27. The van der Waals surface area contributed by atoms with Crippen LogP contribution in [0.25, 0.3) is 11.4 Å². The Morgan fingerprint density at radius 1 is 1.08 bits per heavy atom. The van der Waals surface area contributed by atoms with Crippen LogP contribution in [0.4, 0.5) is 0 Å². The molecule has 0 aliphatic heterocycles. The van der Waals surface area contributed by atoms with E-state index in [1.807, 2.05) is 48.5 Å². The monoisotopic (exact) mass is 340 g/mol. The first-order valence-corrected chi connectivity index (χ1v) is 7.62. The molecule has 0 fully saturated rings. The topological polar surface area (TPSA) is 64.4 Å². The fourth-order valence-corrected chi connectivity index (χ4v) is 2.37. The van der Waals surface area contributed by atoms with Crippen molar-refractivity contribution in [3.63, 3.8) is 0 Å². The van der Waals surface area contributed by atoms with E-state index in [1.165, 1.54) is 0 Å². The normalized spacial score (nSPS) is 10.9. The molecule has 24 heavy (non-hydrogen) atoms. The third-order valence-corrected chi connectivity index (χ3v) is 3.66. The van der Waals surface area contributed by atoms with Gasteiger partial charge in [-0.25, -0.2) is 5.10 Å². The summed E-state index contributed by atoms with van der Waals surface area (Å²) in [6.07, 6.45) is 1.71. The Balaban J connectivity index is 1.98. The third-order valence-electron chi connectivity index (χ3n) is 3.39. The van der Waals surface area contributed by atoms with E-state index in [0.717, 1.165) is 22.6 Å². The van der Waals surface area contributed by atoms with Gasteiger partial charge in [-0.2, -0.15) is 14.9 Å². The Kier molecular flexibility index (Phi) is 4.72. The zero-order chi connectivity index (χ0) is 16.9. The maximum Gasteiger partial charge on any atom is 0.216 e. The van der Waals surface area contributed by atoms with Crippen molar-refractivity contribution in [3.8, 4) is 22.9 Å². The highest BCUT2D eigenvalue weighted by Crippen LogP contribution is 2.22. The summed E-state index contributed by atoms with van der Waals surface area (Å²) >= 11 is 5.27. The molecule has 122 valence electrons. The molecule has 6 nitrogen and oxygen atoms in total. The standard InChI is InChI=1S/C17H16N4O2S/c1-22-14-7-3-5-12(9-14)11-18-21-16(19-20-17(21)24)13-6-4-8-15(10-13)23-2/h3-11H,1-2H3,(H,20,24)/b18-11-. The first kappa shape index (κ1) is 15.9. The SMILES string of the molecule is COc1cccc(/C=N\n2c(-c3cccc(OC)c3)n[nH]c2=S)c1. The van der Waals surface area contributed by atoms with Crippen molar-refractivity contribution in [3.05, 3.63) is 58.9 Å². The second kappa shape index (κ2) is 7.10. The minimum absolute atomic E-state index is 0.409. The van der Waals surface area contributed by atoms with Gasteiger partial charge >= 0.3 is 0 Å². The van der Waals surface area contributed by atoms with Crippen LogP contribution in [0.5, 0.6) is 11.5 Å². The quantitative estimate of drug-likeness (QED) is 0.570. The fourth-order valence-electron chi connectivity index (χ4n) is 2.19. The number of ether oxygens (including phenoxy) is 2. The molecule has 0 aliphatic rings. The van der Waals surface area contributed by atoms with E-state index in [4.69, 9.17) is 21.7 Å². The van der Waals surface area contributed by atoms with Crippen LogP contribution in [0.2, 0.25) is 0 Å². The minimum Gasteiger partial charge on any atom is -0.497 e. The van der Waals surface area contributed by atoms with Gasteiger partial charge in [0.1, 0.15) is 11.5 Å². The highest BCUT2D eigenvalue weighted by molar-refractivity contribution is 7.71. The number of hydrogen-bond donors (Lipinski definition) is 1. The molecule has 1 aromatic heterocycles. The molecule has 2 aromatic carbocycles. The van der Waals surface area contributed by atoms with Gasteiger partial charge < -0.3 is 9.47 Å². The molecule has 0 spiro atoms. The molecule has 1 heterocycles. The van der Waals surface area contributed by atoms with Gasteiger partial charge in [0.15, 0.2) is 5.82 Å². The van der Waals surface area contributed by atoms with E-state index in [-0.39, 0.29) is 0 Å². The number of aromatic nitrogens is 3. The lowest BCUT2D eigenvalue weighted by Gasteiger charge is -2.04. The van der Waals surface area contributed by atoms with Gasteiger partial charge in [-0.15, -0.1) is 0 Å². The van der Waals surface area contributed by atoms with Crippen LogP contribution >= 0.6 is 12.2 Å². The summed E-state index contributed by atoms with van der Waals surface area (Å²) in [6.45, 7) is 0. The lowest BCUT2D eigenvalue weighted by molar-refractivity contribution is 0.414. The van der Waals surface area contributed by atoms with Crippen molar-refractivity contribution in [2.45, 2.75) is 0 Å². The smallest absolute Gasteiger partial charge is 0.216 e. The van der Waals surface area contributed by atoms with E-state index in [1.54, 1.807) is 25.1 Å². The first-order chi connectivity index (χ1) is 11.7. The third kappa shape index (κ3) is 3.36. The number of hydrogen-bond acceptors (Lipinski definition) is 5. The number of nitrogens with zero attached hydrogens (tertiary/aromatic N) is 3. The predicted octanol–water partition coefficient (Wildman–Crippen LogP) is 3.51. The second-order valence-electron chi connectivity index (χ2n) is 4.92. The molecule has 0 saturated carbocycles. The highest BCUT2D eigenvalue weighted by Gasteiger charge is 2.09. The molecule has 0 radical (unpaired) electrons. The Labute approximate surface area is 144 Å². The van der Waals surface area contributed by atoms with Gasteiger partial charge in [-0.3, -0.25) is 0 Å². The Morgan fingerprint density at radius 2 is 1.79 bits per heavy atom. The van der Waals surface area contributed by atoms with Crippen molar-refractivity contribution in [2.75, 3.05) is 14.2 Å². The average Bonchev–Trinajstić information content (AvgIpc) is 3.01. The molecule has 0 amide bonds. The molecule has 0 atom stereocenters. The Bertz CT molecular complexity index is 930. The maximum atomic E-state index is 5.27. The lowest BCUT2D eigenvalue weighted by atomic mass is 10.2.